The van der Waals surface area contributed by atoms with E-state index in [0.29, 0.717) is 0 Å². The van der Waals surface area contributed by atoms with Gasteiger partial charge in [0.15, 0.2) is 23.6 Å². The van der Waals surface area contributed by atoms with Gasteiger partial charge in [-0.25, -0.2) is 13.2 Å². The number of aromatic hydroxyl groups is 1. The molecule has 2 rings (SSSR count). The highest BCUT2D eigenvalue weighted by atomic mass is 19.1. The Kier molecular flexibility index (Phi) is 3.64. The van der Waals surface area contributed by atoms with Gasteiger partial charge in [-0.05, 0) is 18.2 Å². The smallest absolute Gasteiger partial charge is 0.190 e. The van der Waals surface area contributed by atoms with Crippen LogP contribution in [0.5, 0.6) is 11.5 Å². The summed E-state index contributed by atoms with van der Waals surface area (Å²) in [4.78, 5) is 0. The molecule has 1 N–H and O–H groups in total. The number of halogens is 3. The van der Waals surface area contributed by atoms with Crippen LogP contribution in [0.1, 0.15) is 17.3 Å². The van der Waals surface area contributed by atoms with Crippen molar-refractivity contribution in [3.05, 3.63) is 59.2 Å². The van der Waals surface area contributed by atoms with E-state index in [1.165, 1.54) is 24.3 Å². The summed E-state index contributed by atoms with van der Waals surface area (Å²) in [5.74, 6) is -2.96. The van der Waals surface area contributed by atoms with Gasteiger partial charge in [0.25, 0.3) is 0 Å². The normalized spacial score (nSPS) is 12.2. The number of hydrogen-bond acceptors (Lipinski definition) is 2. The van der Waals surface area contributed by atoms with Gasteiger partial charge in [0, 0.05) is 11.1 Å². The van der Waals surface area contributed by atoms with Crippen LogP contribution in [-0.2, 0) is 0 Å². The molecule has 0 amide bonds. The monoisotopic (exact) mass is 268 g/mol. The van der Waals surface area contributed by atoms with Crippen LogP contribution >= 0.6 is 0 Å². The lowest BCUT2D eigenvalue weighted by atomic mass is 10.0. The molecular formula is C14H11F3O2. The van der Waals surface area contributed by atoms with Crippen molar-refractivity contribution in [3.63, 3.8) is 0 Å². The predicted octanol–water partition coefficient (Wildman–Crippen LogP) is 3.74. The average Bonchev–Trinajstić information content (AvgIpc) is 2.39. The minimum Gasteiger partial charge on any atom is -0.508 e. The van der Waals surface area contributed by atoms with Crippen molar-refractivity contribution in [2.24, 2.45) is 0 Å². The summed E-state index contributed by atoms with van der Waals surface area (Å²) in [5.41, 5.74) is -0.477. The molecule has 0 aliphatic carbocycles. The Morgan fingerprint density at radius 3 is 2.37 bits per heavy atom. The van der Waals surface area contributed by atoms with E-state index in [1.807, 2.05) is 0 Å². The minimum absolute atomic E-state index is 0.0879. The lowest BCUT2D eigenvalue weighted by molar-refractivity contribution is 0.337. The first-order chi connectivity index (χ1) is 9.06. The molecule has 0 aromatic heterocycles. The highest BCUT2D eigenvalue weighted by Crippen LogP contribution is 2.36. The Labute approximate surface area is 108 Å². The van der Waals surface area contributed by atoms with Crippen LogP contribution in [0, 0.1) is 11.6 Å². The van der Waals surface area contributed by atoms with Gasteiger partial charge < -0.3 is 9.84 Å². The van der Waals surface area contributed by atoms with Crippen molar-refractivity contribution in [2.75, 3.05) is 7.11 Å². The number of phenolic OH excluding ortho intramolecular Hbond substituents is 1. The van der Waals surface area contributed by atoms with Crippen molar-refractivity contribution >= 4 is 0 Å². The van der Waals surface area contributed by atoms with Gasteiger partial charge in [-0.2, -0.15) is 0 Å². The molecule has 0 saturated carbocycles. The highest BCUT2D eigenvalue weighted by Gasteiger charge is 2.24. The first-order valence-corrected chi connectivity index (χ1v) is 5.50. The van der Waals surface area contributed by atoms with Crippen LogP contribution in [0.25, 0.3) is 0 Å². The lowest BCUT2D eigenvalue weighted by Crippen LogP contribution is -2.02. The Bertz CT molecular complexity index is 599. The van der Waals surface area contributed by atoms with Crippen molar-refractivity contribution in [1.82, 2.24) is 0 Å². The van der Waals surface area contributed by atoms with E-state index < -0.39 is 23.6 Å². The fourth-order valence-corrected chi connectivity index (χ4v) is 1.80. The molecule has 0 saturated heterocycles. The number of phenols is 1. The summed E-state index contributed by atoms with van der Waals surface area (Å²) in [6.07, 6.45) is -1.91. The molecule has 1 unspecified atom stereocenters. The second-order valence-corrected chi connectivity index (χ2v) is 3.91. The van der Waals surface area contributed by atoms with Gasteiger partial charge in [0.1, 0.15) is 5.75 Å². The van der Waals surface area contributed by atoms with Gasteiger partial charge in [0.2, 0.25) is 0 Å². The zero-order valence-electron chi connectivity index (χ0n) is 10.0. The summed E-state index contributed by atoms with van der Waals surface area (Å²) in [7, 11) is 1.10. The number of benzene rings is 2. The molecule has 2 nitrogen and oxygen atoms in total. The number of ether oxygens (including phenoxy) is 1. The number of alkyl halides is 1. The van der Waals surface area contributed by atoms with Crippen molar-refractivity contribution < 1.29 is 23.0 Å². The third-order valence-electron chi connectivity index (χ3n) is 2.77. The first-order valence-electron chi connectivity index (χ1n) is 5.50. The second-order valence-electron chi connectivity index (χ2n) is 3.91. The molecule has 2 aromatic rings. The van der Waals surface area contributed by atoms with Crippen LogP contribution in [-0.4, -0.2) is 12.2 Å². The number of methoxy groups -OCH3 is 1. The van der Waals surface area contributed by atoms with Crippen LogP contribution < -0.4 is 4.74 Å². The number of para-hydroxylation sites is 1. The molecule has 0 aliphatic heterocycles. The third kappa shape index (κ3) is 2.36. The van der Waals surface area contributed by atoms with Crippen molar-refractivity contribution in [2.45, 2.75) is 6.17 Å². The molecule has 0 spiro atoms. The Balaban J connectivity index is 2.51. The highest BCUT2D eigenvalue weighted by molar-refractivity contribution is 5.42. The van der Waals surface area contributed by atoms with E-state index in [4.69, 9.17) is 0 Å². The summed E-state index contributed by atoms with van der Waals surface area (Å²) in [5, 5.41) is 9.55. The summed E-state index contributed by atoms with van der Waals surface area (Å²) < 4.78 is 46.0. The average molecular weight is 268 g/mol. The quantitative estimate of drug-likeness (QED) is 0.918. The molecular weight excluding hydrogens is 257 g/mol. The lowest BCUT2D eigenvalue weighted by Gasteiger charge is -2.13. The zero-order chi connectivity index (χ0) is 14.0. The van der Waals surface area contributed by atoms with Crippen LogP contribution in [0.2, 0.25) is 0 Å². The standard InChI is InChI=1S/C14H11F3O2/c1-19-14-10(15)7-6-9(13(14)17)12(16)8-4-2-3-5-11(8)18/h2-7,12,18H,1H3. The Morgan fingerprint density at radius 1 is 1.05 bits per heavy atom. The van der Waals surface area contributed by atoms with E-state index in [9.17, 15) is 18.3 Å². The van der Waals surface area contributed by atoms with Gasteiger partial charge in [-0.15, -0.1) is 0 Å². The van der Waals surface area contributed by atoms with E-state index in [0.717, 1.165) is 19.2 Å². The van der Waals surface area contributed by atoms with Crippen LogP contribution in [0.4, 0.5) is 13.2 Å². The van der Waals surface area contributed by atoms with E-state index in [2.05, 4.69) is 4.74 Å². The largest absolute Gasteiger partial charge is 0.508 e. The maximum atomic E-state index is 14.3. The van der Waals surface area contributed by atoms with E-state index in [-0.39, 0.29) is 16.9 Å². The predicted molar refractivity (Wildman–Crippen MR) is 64.0 cm³/mol. The Hall–Kier alpha value is -2.17. The SMILES string of the molecule is COc1c(F)ccc(C(F)c2ccccc2O)c1F. The maximum Gasteiger partial charge on any atom is 0.190 e. The molecule has 5 heteroatoms. The van der Waals surface area contributed by atoms with Gasteiger partial charge in [-0.1, -0.05) is 18.2 Å². The molecule has 0 aliphatic rings. The Morgan fingerprint density at radius 2 is 1.74 bits per heavy atom. The van der Waals surface area contributed by atoms with Gasteiger partial charge in [0.05, 0.1) is 7.11 Å². The summed E-state index contributed by atoms with van der Waals surface area (Å²) >= 11 is 0. The topological polar surface area (TPSA) is 29.5 Å². The van der Waals surface area contributed by atoms with E-state index in [1.54, 1.807) is 0 Å². The maximum absolute atomic E-state index is 14.3. The van der Waals surface area contributed by atoms with Gasteiger partial charge >= 0.3 is 0 Å². The molecule has 100 valence electrons. The molecule has 19 heavy (non-hydrogen) atoms. The number of rotatable bonds is 3. The summed E-state index contributed by atoms with van der Waals surface area (Å²) in [6.45, 7) is 0. The number of hydrogen-bond donors (Lipinski definition) is 1. The van der Waals surface area contributed by atoms with Crippen LogP contribution in [0.15, 0.2) is 36.4 Å². The fraction of sp³-hybridized carbons (Fsp3) is 0.143. The molecule has 0 bridgehead atoms. The molecule has 2 aromatic carbocycles. The molecule has 1 atom stereocenters. The molecule has 0 radical (unpaired) electrons. The van der Waals surface area contributed by atoms with Gasteiger partial charge in [-0.3, -0.25) is 0 Å². The molecule has 0 heterocycles. The first kappa shape index (κ1) is 13.3. The van der Waals surface area contributed by atoms with Crippen molar-refractivity contribution in [1.29, 1.82) is 0 Å². The minimum atomic E-state index is -1.91. The zero-order valence-corrected chi connectivity index (χ0v) is 10.0. The van der Waals surface area contributed by atoms with Crippen molar-refractivity contribution in [3.8, 4) is 11.5 Å². The molecule has 0 fully saturated rings. The second kappa shape index (κ2) is 5.22. The van der Waals surface area contributed by atoms with E-state index >= 15 is 0 Å². The van der Waals surface area contributed by atoms with Crippen LogP contribution in [0.3, 0.4) is 0 Å². The third-order valence-corrected chi connectivity index (χ3v) is 2.77. The fourth-order valence-electron chi connectivity index (χ4n) is 1.80. The summed E-state index contributed by atoms with van der Waals surface area (Å²) in [6, 6.07) is 7.57.